The number of piperazine rings is 1. The number of hydrogen-bond donors (Lipinski definition) is 1. The Morgan fingerprint density at radius 1 is 1.47 bits per heavy atom. The lowest BCUT2D eigenvalue weighted by atomic mass is 9.82. The predicted molar refractivity (Wildman–Crippen MR) is 82.6 cm³/mol. The minimum Gasteiger partial charge on any atom is -0.309 e. The molecule has 0 aliphatic carbocycles. The standard InChI is InChI=1S/C15H27N3S/c1-11-17-12(9-19-11)8-18-10-15(5,6)16-7-13(18)14(2,3)4/h9,13,16H,7-8,10H2,1-6H3. The van der Waals surface area contributed by atoms with Gasteiger partial charge in [0.2, 0.25) is 0 Å². The van der Waals surface area contributed by atoms with Gasteiger partial charge in [0.25, 0.3) is 0 Å². The van der Waals surface area contributed by atoms with Crippen LogP contribution in [0.15, 0.2) is 5.38 Å². The summed E-state index contributed by atoms with van der Waals surface area (Å²) in [5, 5.41) is 7.04. The lowest BCUT2D eigenvalue weighted by Crippen LogP contribution is -2.64. The van der Waals surface area contributed by atoms with Crippen LogP contribution in [0.25, 0.3) is 0 Å². The summed E-state index contributed by atoms with van der Waals surface area (Å²) in [6, 6.07) is 0.558. The van der Waals surface area contributed by atoms with E-state index in [9.17, 15) is 0 Å². The Bertz CT molecular complexity index is 431. The molecule has 0 amide bonds. The summed E-state index contributed by atoms with van der Waals surface area (Å²) in [6.07, 6.45) is 0. The highest BCUT2D eigenvalue weighted by molar-refractivity contribution is 7.09. The summed E-state index contributed by atoms with van der Waals surface area (Å²) < 4.78 is 0. The molecule has 1 saturated heterocycles. The van der Waals surface area contributed by atoms with Crippen LogP contribution in [-0.2, 0) is 6.54 Å². The number of rotatable bonds is 2. The molecule has 0 bridgehead atoms. The Morgan fingerprint density at radius 2 is 2.16 bits per heavy atom. The highest BCUT2D eigenvalue weighted by Gasteiger charge is 2.38. The average Bonchev–Trinajstić information content (AvgIpc) is 2.60. The fourth-order valence-corrected chi connectivity index (χ4v) is 3.49. The van der Waals surface area contributed by atoms with E-state index in [1.807, 2.05) is 0 Å². The third-order valence-electron chi connectivity index (χ3n) is 3.84. The van der Waals surface area contributed by atoms with Crippen LogP contribution in [0.5, 0.6) is 0 Å². The summed E-state index contributed by atoms with van der Waals surface area (Å²) in [6.45, 7) is 16.7. The zero-order valence-corrected chi connectivity index (χ0v) is 13.9. The van der Waals surface area contributed by atoms with Crippen molar-refractivity contribution < 1.29 is 0 Å². The van der Waals surface area contributed by atoms with E-state index in [1.54, 1.807) is 11.3 Å². The average molecular weight is 281 g/mol. The molecular formula is C15H27N3S. The molecule has 1 aromatic heterocycles. The van der Waals surface area contributed by atoms with Gasteiger partial charge >= 0.3 is 0 Å². The molecule has 1 N–H and O–H groups in total. The number of aromatic nitrogens is 1. The summed E-state index contributed by atoms with van der Waals surface area (Å²) in [4.78, 5) is 7.23. The summed E-state index contributed by atoms with van der Waals surface area (Å²) in [5.41, 5.74) is 1.69. The molecule has 1 aliphatic rings. The first kappa shape index (κ1) is 14.9. The Balaban J connectivity index is 2.16. The molecule has 1 atom stereocenters. The zero-order valence-electron chi connectivity index (χ0n) is 13.1. The maximum absolute atomic E-state index is 4.63. The van der Waals surface area contributed by atoms with Crippen molar-refractivity contribution in [3.8, 4) is 0 Å². The van der Waals surface area contributed by atoms with Crippen molar-refractivity contribution >= 4 is 11.3 Å². The molecule has 19 heavy (non-hydrogen) atoms. The van der Waals surface area contributed by atoms with Gasteiger partial charge in [-0.05, 0) is 26.2 Å². The fraction of sp³-hybridized carbons (Fsp3) is 0.800. The van der Waals surface area contributed by atoms with E-state index in [0.29, 0.717) is 6.04 Å². The van der Waals surface area contributed by atoms with Crippen LogP contribution >= 0.6 is 11.3 Å². The van der Waals surface area contributed by atoms with Gasteiger partial charge in [-0.15, -0.1) is 11.3 Å². The molecule has 3 nitrogen and oxygen atoms in total. The molecule has 1 aliphatic heterocycles. The molecule has 0 saturated carbocycles. The summed E-state index contributed by atoms with van der Waals surface area (Å²) in [5.74, 6) is 0. The number of thiazole rings is 1. The molecule has 2 heterocycles. The van der Waals surface area contributed by atoms with Gasteiger partial charge in [0.05, 0.1) is 10.7 Å². The molecule has 0 radical (unpaired) electrons. The quantitative estimate of drug-likeness (QED) is 0.903. The Morgan fingerprint density at radius 3 is 2.68 bits per heavy atom. The van der Waals surface area contributed by atoms with E-state index in [4.69, 9.17) is 0 Å². The number of nitrogens with one attached hydrogen (secondary N) is 1. The van der Waals surface area contributed by atoms with Crippen LogP contribution in [0.1, 0.15) is 45.3 Å². The Labute approximate surface area is 121 Å². The van der Waals surface area contributed by atoms with Crippen molar-refractivity contribution in [1.82, 2.24) is 15.2 Å². The van der Waals surface area contributed by atoms with E-state index < -0.39 is 0 Å². The van der Waals surface area contributed by atoms with Gasteiger partial charge in [-0.1, -0.05) is 20.8 Å². The highest BCUT2D eigenvalue weighted by atomic mass is 32.1. The van der Waals surface area contributed by atoms with Gasteiger partial charge < -0.3 is 5.32 Å². The topological polar surface area (TPSA) is 28.2 Å². The fourth-order valence-electron chi connectivity index (χ4n) is 2.88. The van der Waals surface area contributed by atoms with Crippen molar-refractivity contribution in [3.63, 3.8) is 0 Å². The van der Waals surface area contributed by atoms with Crippen LogP contribution < -0.4 is 5.32 Å². The van der Waals surface area contributed by atoms with Crippen LogP contribution in [0.4, 0.5) is 0 Å². The van der Waals surface area contributed by atoms with Gasteiger partial charge in [0.1, 0.15) is 0 Å². The molecule has 1 unspecified atom stereocenters. The maximum Gasteiger partial charge on any atom is 0.0897 e. The number of aryl methyl sites for hydroxylation is 1. The van der Waals surface area contributed by atoms with Gasteiger partial charge in [-0.3, -0.25) is 4.90 Å². The maximum atomic E-state index is 4.63. The zero-order chi connectivity index (χ0) is 14.3. The highest BCUT2D eigenvalue weighted by Crippen LogP contribution is 2.30. The van der Waals surface area contributed by atoms with Crippen molar-refractivity contribution in [2.45, 2.75) is 59.7 Å². The van der Waals surface area contributed by atoms with E-state index in [-0.39, 0.29) is 11.0 Å². The lowest BCUT2D eigenvalue weighted by molar-refractivity contribution is 0.0264. The van der Waals surface area contributed by atoms with Crippen LogP contribution in [0.2, 0.25) is 0 Å². The minimum absolute atomic E-state index is 0.187. The van der Waals surface area contributed by atoms with Crippen LogP contribution in [-0.4, -0.2) is 34.6 Å². The largest absolute Gasteiger partial charge is 0.309 e. The normalized spacial score (nSPS) is 24.6. The number of hydrogen-bond acceptors (Lipinski definition) is 4. The summed E-state index contributed by atoms with van der Waals surface area (Å²) >= 11 is 1.75. The first-order chi connectivity index (χ1) is 8.67. The minimum atomic E-state index is 0.187. The van der Waals surface area contributed by atoms with Crippen molar-refractivity contribution in [1.29, 1.82) is 0 Å². The van der Waals surface area contributed by atoms with Gasteiger partial charge in [-0.2, -0.15) is 0 Å². The van der Waals surface area contributed by atoms with E-state index >= 15 is 0 Å². The second kappa shape index (κ2) is 5.15. The molecule has 0 aromatic carbocycles. The Kier molecular flexibility index (Phi) is 4.05. The third-order valence-corrected chi connectivity index (χ3v) is 4.67. The first-order valence-electron chi connectivity index (χ1n) is 7.07. The van der Waals surface area contributed by atoms with Gasteiger partial charge in [-0.25, -0.2) is 4.98 Å². The second-order valence-electron chi connectivity index (χ2n) is 7.41. The molecule has 2 rings (SSSR count). The predicted octanol–water partition coefficient (Wildman–Crippen LogP) is 3.05. The molecule has 108 valence electrons. The van der Waals surface area contributed by atoms with Crippen LogP contribution in [0.3, 0.4) is 0 Å². The molecular weight excluding hydrogens is 254 g/mol. The number of nitrogens with zero attached hydrogens (tertiary/aromatic N) is 2. The first-order valence-corrected chi connectivity index (χ1v) is 7.95. The van der Waals surface area contributed by atoms with Gasteiger partial charge in [0.15, 0.2) is 0 Å². The monoisotopic (exact) mass is 281 g/mol. The van der Waals surface area contributed by atoms with Crippen molar-refractivity contribution in [2.24, 2.45) is 5.41 Å². The summed E-state index contributed by atoms with van der Waals surface area (Å²) in [7, 11) is 0. The molecule has 1 fully saturated rings. The third kappa shape index (κ3) is 3.77. The molecule has 4 heteroatoms. The van der Waals surface area contributed by atoms with Crippen molar-refractivity contribution in [3.05, 3.63) is 16.1 Å². The SMILES string of the molecule is Cc1nc(CN2CC(C)(C)NCC2C(C)(C)C)cs1. The smallest absolute Gasteiger partial charge is 0.0897 e. The molecule has 0 spiro atoms. The van der Waals surface area contributed by atoms with E-state index in [2.05, 4.69) is 62.1 Å². The Hall–Kier alpha value is -0.450. The van der Waals surface area contributed by atoms with Crippen LogP contribution in [0, 0.1) is 12.3 Å². The van der Waals surface area contributed by atoms with Gasteiger partial charge in [0, 0.05) is 36.6 Å². The molecule has 1 aromatic rings. The van der Waals surface area contributed by atoms with E-state index in [1.165, 1.54) is 5.69 Å². The van der Waals surface area contributed by atoms with Crippen molar-refractivity contribution in [2.75, 3.05) is 13.1 Å². The lowest BCUT2D eigenvalue weighted by Gasteiger charge is -2.49. The van der Waals surface area contributed by atoms with E-state index in [0.717, 1.165) is 24.6 Å². The second-order valence-corrected chi connectivity index (χ2v) is 8.47.